The largest absolute Gasteiger partial charge is 0.297 e. The van der Waals surface area contributed by atoms with E-state index in [1.165, 1.54) is 10.6 Å². The molecule has 2 rings (SSSR count). The van der Waals surface area contributed by atoms with Crippen LogP contribution < -0.4 is 5.56 Å². The molecule has 0 atom stereocenters. The Morgan fingerprint density at radius 2 is 2.20 bits per heavy atom. The molecule has 1 heterocycles. The van der Waals surface area contributed by atoms with Crippen LogP contribution in [-0.4, -0.2) is 15.3 Å². The summed E-state index contributed by atoms with van der Waals surface area (Å²) in [5.41, 5.74) is 0.571. The number of Topliss-reactive ketones (excluding diaryl/α,β-unsaturated/α-hetero) is 1. The quantitative estimate of drug-likeness (QED) is 0.736. The van der Waals surface area contributed by atoms with Crippen molar-refractivity contribution in [2.24, 2.45) is 5.92 Å². The predicted octanol–water partition coefficient (Wildman–Crippen LogP) is 0.839. The number of hydrogen-bond donors (Lipinski definition) is 0. The highest BCUT2D eigenvalue weighted by Gasteiger charge is 2.29. The number of carbonyl (C=O) groups excluding carboxylic acids is 1. The van der Waals surface area contributed by atoms with Crippen molar-refractivity contribution in [2.75, 3.05) is 0 Å². The summed E-state index contributed by atoms with van der Waals surface area (Å²) in [6.45, 7) is 3.72. The lowest BCUT2D eigenvalue weighted by molar-refractivity contribution is -0.120. The maximum absolute atomic E-state index is 11.6. The Hall–Kier alpha value is -1.45. The standard InChI is InChI=1S/C11H14N2O2/c1-7-5-11(15)13(8(2)12-7)6-10(14)9-3-4-9/h5,9H,3-4,6H2,1-2H3. The SMILES string of the molecule is Cc1cc(=O)n(CC(=O)C2CC2)c(C)n1. The van der Waals surface area contributed by atoms with E-state index in [1.54, 1.807) is 13.8 Å². The van der Waals surface area contributed by atoms with Crippen molar-refractivity contribution in [2.45, 2.75) is 33.2 Å². The van der Waals surface area contributed by atoms with E-state index < -0.39 is 0 Å². The summed E-state index contributed by atoms with van der Waals surface area (Å²) in [4.78, 5) is 27.4. The van der Waals surface area contributed by atoms with Gasteiger partial charge >= 0.3 is 0 Å². The minimum Gasteiger partial charge on any atom is -0.297 e. The molecule has 1 aromatic heterocycles. The molecule has 1 aromatic rings. The second kappa shape index (κ2) is 3.61. The Bertz CT molecular complexity index is 458. The summed E-state index contributed by atoms with van der Waals surface area (Å²) in [6.07, 6.45) is 1.96. The van der Waals surface area contributed by atoms with Crippen LogP contribution in [0.5, 0.6) is 0 Å². The highest BCUT2D eigenvalue weighted by Crippen LogP contribution is 2.30. The van der Waals surface area contributed by atoms with Gasteiger partial charge in [0, 0.05) is 17.7 Å². The second-order valence-electron chi connectivity index (χ2n) is 4.11. The van der Waals surface area contributed by atoms with E-state index in [1.807, 2.05) is 0 Å². The van der Waals surface area contributed by atoms with Gasteiger partial charge in [0.05, 0.1) is 6.54 Å². The molecular formula is C11H14N2O2. The molecule has 1 fully saturated rings. The summed E-state index contributed by atoms with van der Waals surface area (Å²) in [5, 5.41) is 0. The number of aryl methyl sites for hydroxylation is 2. The molecule has 1 saturated carbocycles. The minimum absolute atomic E-state index is 0.131. The topological polar surface area (TPSA) is 52.0 Å². The Morgan fingerprint density at radius 3 is 2.73 bits per heavy atom. The summed E-state index contributed by atoms with van der Waals surface area (Å²) < 4.78 is 1.45. The Balaban J connectivity index is 2.27. The van der Waals surface area contributed by atoms with Crippen LogP contribution in [0.15, 0.2) is 10.9 Å². The van der Waals surface area contributed by atoms with Gasteiger partial charge in [0.1, 0.15) is 5.82 Å². The molecule has 80 valence electrons. The van der Waals surface area contributed by atoms with Gasteiger partial charge in [-0.3, -0.25) is 14.2 Å². The van der Waals surface area contributed by atoms with Crippen LogP contribution in [0, 0.1) is 19.8 Å². The molecule has 4 heteroatoms. The van der Waals surface area contributed by atoms with Crippen molar-refractivity contribution in [3.63, 3.8) is 0 Å². The Labute approximate surface area is 88.0 Å². The zero-order valence-corrected chi connectivity index (χ0v) is 8.99. The third kappa shape index (κ3) is 2.14. The molecule has 0 unspecified atom stereocenters. The van der Waals surface area contributed by atoms with Crippen LogP contribution in [-0.2, 0) is 11.3 Å². The van der Waals surface area contributed by atoms with Crippen molar-refractivity contribution in [1.82, 2.24) is 9.55 Å². The molecule has 4 nitrogen and oxygen atoms in total. The van der Waals surface area contributed by atoms with Crippen molar-refractivity contribution >= 4 is 5.78 Å². The Morgan fingerprint density at radius 1 is 1.53 bits per heavy atom. The number of nitrogens with zero attached hydrogens (tertiary/aromatic N) is 2. The zero-order valence-electron chi connectivity index (χ0n) is 8.99. The fraction of sp³-hybridized carbons (Fsp3) is 0.545. The Kier molecular flexibility index (Phi) is 2.42. The molecular weight excluding hydrogens is 192 g/mol. The van der Waals surface area contributed by atoms with E-state index in [0.717, 1.165) is 12.8 Å². The maximum Gasteiger partial charge on any atom is 0.254 e. The molecule has 0 radical (unpaired) electrons. The molecule has 1 aliphatic carbocycles. The van der Waals surface area contributed by atoms with E-state index in [-0.39, 0.29) is 23.8 Å². The first-order valence-electron chi connectivity index (χ1n) is 5.15. The zero-order chi connectivity index (χ0) is 11.0. The van der Waals surface area contributed by atoms with E-state index >= 15 is 0 Å². The first-order chi connectivity index (χ1) is 7.08. The lowest BCUT2D eigenvalue weighted by Crippen LogP contribution is -2.27. The van der Waals surface area contributed by atoms with E-state index in [0.29, 0.717) is 11.5 Å². The molecule has 0 saturated heterocycles. The van der Waals surface area contributed by atoms with Gasteiger partial charge in [-0.05, 0) is 26.7 Å². The van der Waals surface area contributed by atoms with Crippen LogP contribution in [0.1, 0.15) is 24.4 Å². The predicted molar refractivity (Wildman–Crippen MR) is 55.7 cm³/mol. The smallest absolute Gasteiger partial charge is 0.254 e. The van der Waals surface area contributed by atoms with Gasteiger partial charge in [-0.1, -0.05) is 0 Å². The number of aromatic nitrogens is 2. The molecule has 0 aliphatic heterocycles. The van der Waals surface area contributed by atoms with E-state index in [4.69, 9.17) is 0 Å². The van der Waals surface area contributed by atoms with Crippen LogP contribution in [0.25, 0.3) is 0 Å². The van der Waals surface area contributed by atoms with Crippen molar-refractivity contribution in [3.8, 4) is 0 Å². The van der Waals surface area contributed by atoms with Crippen LogP contribution in [0.2, 0.25) is 0 Å². The second-order valence-corrected chi connectivity index (χ2v) is 4.11. The number of carbonyl (C=O) groups is 1. The lowest BCUT2D eigenvalue weighted by atomic mass is 10.2. The van der Waals surface area contributed by atoms with Crippen LogP contribution >= 0.6 is 0 Å². The molecule has 0 spiro atoms. The van der Waals surface area contributed by atoms with Gasteiger partial charge in [0.25, 0.3) is 5.56 Å². The molecule has 15 heavy (non-hydrogen) atoms. The summed E-state index contributed by atoms with van der Waals surface area (Å²) in [7, 11) is 0. The minimum atomic E-state index is -0.131. The average molecular weight is 206 g/mol. The van der Waals surface area contributed by atoms with Crippen molar-refractivity contribution in [1.29, 1.82) is 0 Å². The van der Waals surface area contributed by atoms with Crippen molar-refractivity contribution < 1.29 is 4.79 Å². The average Bonchev–Trinajstić information content (AvgIpc) is 2.93. The molecule has 1 aliphatic rings. The summed E-state index contributed by atoms with van der Waals surface area (Å²) in [6, 6.07) is 1.47. The third-order valence-electron chi connectivity index (χ3n) is 2.67. The van der Waals surface area contributed by atoms with Gasteiger partial charge in [-0.25, -0.2) is 4.98 Å². The van der Waals surface area contributed by atoms with E-state index in [2.05, 4.69) is 4.98 Å². The summed E-state index contributed by atoms with van der Waals surface area (Å²) in [5.74, 6) is 0.970. The number of ketones is 1. The highest BCUT2D eigenvalue weighted by atomic mass is 16.1. The van der Waals surface area contributed by atoms with E-state index in [9.17, 15) is 9.59 Å². The maximum atomic E-state index is 11.6. The fourth-order valence-electron chi connectivity index (χ4n) is 1.65. The number of rotatable bonds is 3. The van der Waals surface area contributed by atoms with Gasteiger partial charge in [0.15, 0.2) is 5.78 Å². The highest BCUT2D eigenvalue weighted by molar-refractivity contribution is 5.82. The van der Waals surface area contributed by atoms with Gasteiger partial charge in [0.2, 0.25) is 0 Å². The molecule has 0 N–H and O–H groups in total. The molecule has 0 bridgehead atoms. The van der Waals surface area contributed by atoms with Gasteiger partial charge < -0.3 is 0 Å². The monoisotopic (exact) mass is 206 g/mol. The molecule has 0 amide bonds. The third-order valence-corrected chi connectivity index (χ3v) is 2.67. The first kappa shape index (κ1) is 10.1. The normalized spacial score (nSPS) is 15.3. The lowest BCUT2D eigenvalue weighted by Gasteiger charge is -2.07. The first-order valence-corrected chi connectivity index (χ1v) is 5.15. The van der Waals surface area contributed by atoms with Gasteiger partial charge in [-0.15, -0.1) is 0 Å². The fourth-order valence-corrected chi connectivity index (χ4v) is 1.65. The van der Waals surface area contributed by atoms with Gasteiger partial charge in [-0.2, -0.15) is 0 Å². The number of hydrogen-bond acceptors (Lipinski definition) is 3. The molecule has 0 aromatic carbocycles. The van der Waals surface area contributed by atoms with Crippen LogP contribution in [0.4, 0.5) is 0 Å². The van der Waals surface area contributed by atoms with Crippen molar-refractivity contribution in [3.05, 3.63) is 27.9 Å². The van der Waals surface area contributed by atoms with Crippen LogP contribution in [0.3, 0.4) is 0 Å². The summed E-state index contributed by atoms with van der Waals surface area (Å²) >= 11 is 0.